The Kier molecular flexibility index (Phi) is 6.53. The van der Waals surface area contributed by atoms with Crippen molar-refractivity contribution in [1.82, 2.24) is 5.32 Å². The molecule has 1 aliphatic rings. The number of carbonyl (C=O) groups is 1. The number of carbonyl (C=O) groups excluding carboxylic acids is 1. The summed E-state index contributed by atoms with van der Waals surface area (Å²) in [6.45, 7) is 5.60. The van der Waals surface area contributed by atoms with Crippen LogP contribution in [0.1, 0.15) is 24.1 Å². The largest absolute Gasteiger partial charge is 0.508 e. The Balaban J connectivity index is 1.41. The third-order valence-corrected chi connectivity index (χ3v) is 6.18. The molecule has 160 valence electrons. The molecule has 3 N–H and O–H groups in total. The second-order valence-electron chi connectivity index (χ2n) is 8.15. The quantitative estimate of drug-likeness (QED) is 0.578. The lowest BCUT2D eigenvalue weighted by Crippen LogP contribution is -3.19. The third kappa shape index (κ3) is 5.06. The minimum atomic E-state index is -0.157. The molecular weight excluding hydrogens is 386 g/mol. The van der Waals surface area contributed by atoms with Gasteiger partial charge in [-0.15, -0.1) is 0 Å². The molecule has 1 amide bonds. The summed E-state index contributed by atoms with van der Waals surface area (Å²) in [4.78, 5) is 16.8. The number of hydrogen-bond donors (Lipinski definition) is 3. The van der Waals surface area contributed by atoms with Gasteiger partial charge in [0.15, 0.2) is 6.04 Å². The molecule has 5 nitrogen and oxygen atoms in total. The van der Waals surface area contributed by atoms with E-state index in [0.29, 0.717) is 0 Å². The van der Waals surface area contributed by atoms with Gasteiger partial charge >= 0.3 is 0 Å². The summed E-state index contributed by atoms with van der Waals surface area (Å²) in [6, 6.07) is 27.3. The highest BCUT2D eigenvalue weighted by atomic mass is 16.3. The van der Waals surface area contributed by atoms with E-state index in [9.17, 15) is 9.90 Å². The number of rotatable bonds is 6. The number of amides is 1. The smallest absolute Gasteiger partial charge is 0.278 e. The van der Waals surface area contributed by atoms with Gasteiger partial charge < -0.3 is 20.2 Å². The third-order valence-electron chi connectivity index (χ3n) is 6.18. The number of nitrogens with zero attached hydrogens (tertiary/aromatic N) is 1. The van der Waals surface area contributed by atoms with Gasteiger partial charge in [0.2, 0.25) is 0 Å². The van der Waals surface area contributed by atoms with Crippen LogP contribution in [0.25, 0.3) is 0 Å². The normalized spacial score (nSPS) is 15.6. The van der Waals surface area contributed by atoms with Gasteiger partial charge in [-0.2, -0.15) is 0 Å². The summed E-state index contributed by atoms with van der Waals surface area (Å²) < 4.78 is 0. The van der Waals surface area contributed by atoms with Crippen LogP contribution in [0.15, 0.2) is 84.9 Å². The van der Waals surface area contributed by atoms with Crippen molar-refractivity contribution in [2.45, 2.75) is 19.0 Å². The summed E-state index contributed by atoms with van der Waals surface area (Å²) in [5.41, 5.74) is 3.28. The van der Waals surface area contributed by atoms with Gasteiger partial charge in [0, 0.05) is 5.69 Å². The Bertz CT molecular complexity index is 929. The van der Waals surface area contributed by atoms with Gasteiger partial charge in [0.05, 0.1) is 32.2 Å². The second kappa shape index (κ2) is 9.67. The van der Waals surface area contributed by atoms with Crippen LogP contribution in [0, 0.1) is 0 Å². The van der Waals surface area contributed by atoms with Gasteiger partial charge in [-0.3, -0.25) is 4.79 Å². The molecule has 3 aromatic carbocycles. The number of benzene rings is 3. The van der Waals surface area contributed by atoms with Crippen LogP contribution >= 0.6 is 0 Å². The molecule has 0 aromatic heterocycles. The lowest BCUT2D eigenvalue weighted by atomic mass is 9.98. The van der Waals surface area contributed by atoms with E-state index in [0.717, 1.165) is 43.0 Å². The molecule has 0 aliphatic carbocycles. The lowest BCUT2D eigenvalue weighted by Gasteiger charge is -2.36. The molecular formula is C26H30N3O2+. The molecule has 3 aromatic rings. The fourth-order valence-corrected chi connectivity index (χ4v) is 4.25. The van der Waals surface area contributed by atoms with Crippen LogP contribution in [-0.4, -0.2) is 43.2 Å². The molecule has 1 saturated heterocycles. The van der Waals surface area contributed by atoms with Crippen molar-refractivity contribution in [1.29, 1.82) is 0 Å². The maximum Gasteiger partial charge on any atom is 0.278 e. The van der Waals surface area contributed by atoms with E-state index in [4.69, 9.17) is 0 Å². The van der Waals surface area contributed by atoms with Crippen molar-refractivity contribution in [3.05, 3.63) is 96.1 Å². The summed E-state index contributed by atoms with van der Waals surface area (Å²) in [5.74, 6) is 0.357. The minimum Gasteiger partial charge on any atom is -0.508 e. The van der Waals surface area contributed by atoms with Crippen molar-refractivity contribution < 1.29 is 14.8 Å². The van der Waals surface area contributed by atoms with Crippen molar-refractivity contribution in [3.63, 3.8) is 0 Å². The Hall–Kier alpha value is -3.31. The molecule has 0 saturated carbocycles. The average molecular weight is 417 g/mol. The second-order valence-corrected chi connectivity index (χ2v) is 8.15. The molecule has 31 heavy (non-hydrogen) atoms. The fraction of sp³-hybridized carbons (Fsp3) is 0.269. The zero-order chi connectivity index (χ0) is 21.6. The molecule has 1 fully saturated rings. The fourth-order valence-electron chi connectivity index (χ4n) is 4.25. The molecule has 4 rings (SSSR count). The summed E-state index contributed by atoms with van der Waals surface area (Å²) in [6.07, 6.45) is 0. The first-order chi connectivity index (χ1) is 15.1. The average Bonchev–Trinajstić information content (AvgIpc) is 2.83. The number of nitrogens with one attached hydrogen (secondary N) is 2. The first-order valence-corrected chi connectivity index (χ1v) is 10.9. The predicted molar refractivity (Wildman–Crippen MR) is 123 cm³/mol. The Morgan fingerprint density at radius 3 is 1.90 bits per heavy atom. The van der Waals surface area contributed by atoms with E-state index in [-0.39, 0.29) is 23.7 Å². The van der Waals surface area contributed by atoms with Gasteiger partial charge in [0.1, 0.15) is 5.75 Å². The molecule has 1 atom stereocenters. The van der Waals surface area contributed by atoms with Gasteiger partial charge in [-0.1, -0.05) is 60.7 Å². The highest BCUT2D eigenvalue weighted by Crippen LogP contribution is 2.22. The van der Waals surface area contributed by atoms with E-state index in [2.05, 4.69) is 34.5 Å². The highest BCUT2D eigenvalue weighted by molar-refractivity contribution is 5.81. The minimum absolute atomic E-state index is 0.0748. The summed E-state index contributed by atoms with van der Waals surface area (Å²) in [5, 5.41) is 12.8. The van der Waals surface area contributed by atoms with E-state index < -0.39 is 0 Å². The van der Waals surface area contributed by atoms with Gasteiger partial charge in [-0.05, 0) is 42.3 Å². The number of phenols is 1. The lowest BCUT2D eigenvalue weighted by molar-refractivity contribution is -0.914. The topological polar surface area (TPSA) is 57.0 Å². The van der Waals surface area contributed by atoms with Crippen LogP contribution in [-0.2, 0) is 4.79 Å². The van der Waals surface area contributed by atoms with E-state index in [1.807, 2.05) is 55.5 Å². The van der Waals surface area contributed by atoms with Crippen LogP contribution in [0.2, 0.25) is 0 Å². The molecule has 1 heterocycles. The predicted octanol–water partition coefficient (Wildman–Crippen LogP) is 2.39. The Morgan fingerprint density at radius 2 is 1.39 bits per heavy atom. The molecule has 0 spiro atoms. The zero-order valence-corrected chi connectivity index (χ0v) is 17.9. The number of phenolic OH excluding ortho intramolecular Hbond substituents is 1. The highest BCUT2D eigenvalue weighted by Gasteiger charge is 2.31. The van der Waals surface area contributed by atoms with Crippen LogP contribution in [0.4, 0.5) is 5.69 Å². The monoisotopic (exact) mass is 416 g/mol. The number of aromatic hydroxyl groups is 1. The molecule has 0 unspecified atom stereocenters. The number of hydrogen-bond acceptors (Lipinski definition) is 3. The summed E-state index contributed by atoms with van der Waals surface area (Å²) in [7, 11) is 0. The Morgan fingerprint density at radius 1 is 0.871 bits per heavy atom. The standard InChI is InChI=1S/C26H29N3O2/c1-20(28-16-18-29(19-17-28)23-12-14-24(30)15-13-23)26(31)27-25(21-8-4-2-5-9-21)22-10-6-3-7-11-22/h2-15,20,25,30H,16-19H2,1H3,(H,27,31)/p+1/t20-/m1/s1. The van der Waals surface area contributed by atoms with E-state index in [1.165, 1.54) is 4.90 Å². The van der Waals surface area contributed by atoms with Crippen LogP contribution in [0.5, 0.6) is 5.75 Å². The van der Waals surface area contributed by atoms with Crippen molar-refractivity contribution in [2.24, 2.45) is 0 Å². The first kappa shape index (κ1) is 20.9. The van der Waals surface area contributed by atoms with Crippen LogP contribution in [0.3, 0.4) is 0 Å². The van der Waals surface area contributed by atoms with Gasteiger partial charge in [-0.25, -0.2) is 0 Å². The Labute approximate surface area is 183 Å². The first-order valence-electron chi connectivity index (χ1n) is 10.9. The van der Waals surface area contributed by atoms with Crippen molar-refractivity contribution in [3.8, 4) is 5.75 Å². The number of piperazine rings is 1. The maximum atomic E-state index is 13.2. The van der Waals surface area contributed by atoms with E-state index >= 15 is 0 Å². The molecule has 1 aliphatic heterocycles. The van der Waals surface area contributed by atoms with Crippen LogP contribution < -0.4 is 15.1 Å². The van der Waals surface area contributed by atoms with Gasteiger partial charge in [0.25, 0.3) is 5.91 Å². The van der Waals surface area contributed by atoms with Crippen molar-refractivity contribution in [2.75, 3.05) is 31.1 Å². The van der Waals surface area contributed by atoms with Crippen molar-refractivity contribution >= 4 is 11.6 Å². The number of quaternary nitrogens is 1. The van der Waals surface area contributed by atoms with E-state index in [1.54, 1.807) is 12.1 Å². The molecule has 5 heteroatoms. The SMILES string of the molecule is C[C@H](C(=O)NC(c1ccccc1)c1ccccc1)[NH+]1CCN(c2ccc(O)cc2)CC1. The number of anilines is 1. The maximum absolute atomic E-state index is 13.2. The molecule has 0 radical (unpaired) electrons. The summed E-state index contributed by atoms with van der Waals surface area (Å²) >= 11 is 0. The zero-order valence-electron chi connectivity index (χ0n) is 17.9. The molecule has 0 bridgehead atoms.